The highest BCUT2D eigenvalue weighted by molar-refractivity contribution is 6.01. The van der Waals surface area contributed by atoms with Crippen LogP contribution in [0.4, 0.5) is 10.1 Å². The maximum atomic E-state index is 13.8. The SMILES string of the molecule is COCCNC(=O)C(c1ccc(OC)cc1)N(C(=O)Cn1nnc2ccccc21)c1ccc(F)cc1. The Hall–Kier alpha value is -4.31. The Morgan fingerprint density at radius 2 is 1.75 bits per heavy atom. The van der Waals surface area contributed by atoms with Crippen LogP contribution in [0.15, 0.2) is 72.8 Å². The van der Waals surface area contributed by atoms with Gasteiger partial charge in [-0.25, -0.2) is 9.07 Å². The Morgan fingerprint density at radius 3 is 2.44 bits per heavy atom. The normalized spacial score (nSPS) is 11.8. The second-order valence-corrected chi connectivity index (χ2v) is 7.94. The van der Waals surface area contributed by atoms with Crippen LogP contribution in [0, 0.1) is 5.82 Å². The van der Waals surface area contributed by atoms with Gasteiger partial charge in [0.15, 0.2) is 0 Å². The number of rotatable bonds is 10. The monoisotopic (exact) mass is 491 g/mol. The molecule has 1 atom stereocenters. The van der Waals surface area contributed by atoms with Crippen molar-refractivity contribution in [1.82, 2.24) is 20.3 Å². The molecule has 3 aromatic carbocycles. The van der Waals surface area contributed by atoms with Crippen molar-refractivity contribution in [2.45, 2.75) is 12.6 Å². The Kier molecular flexibility index (Phi) is 7.86. The van der Waals surface area contributed by atoms with Crippen molar-refractivity contribution in [2.24, 2.45) is 0 Å². The quantitative estimate of drug-likeness (QED) is 0.342. The molecule has 0 spiro atoms. The number of methoxy groups -OCH3 is 2. The highest BCUT2D eigenvalue weighted by Gasteiger charge is 2.33. The first-order chi connectivity index (χ1) is 17.5. The van der Waals surface area contributed by atoms with E-state index in [1.54, 1.807) is 37.4 Å². The minimum atomic E-state index is -1.06. The van der Waals surface area contributed by atoms with Gasteiger partial charge in [-0.1, -0.05) is 29.5 Å². The van der Waals surface area contributed by atoms with E-state index in [2.05, 4.69) is 15.6 Å². The third kappa shape index (κ3) is 5.49. The van der Waals surface area contributed by atoms with Gasteiger partial charge in [-0.3, -0.25) is 14.5 Å². The van der Waals surface area contributed by atoms with Crippen LogP contribution in [0.2, 0.25) is 0 Å². The fraction of sp³-hybridized carbons (Fsp3) is 0.231. The van der Waals surface area contributed by atoms with E-state index in [4.69, 9.17) is 9.47 Å². The summed E-state index contributed by atoms with van der Waals surface area (Å²) in [6.07, 6.45) is 0. The third-order valence-corrected chi connectivity index (χ3v) is 5.62. The second kappa shape index (κ2) is 11.4. The largest absolute Gasteiger partial charge is 0.497 e. The lowest BCUT2D eigenvalue weighted by atomic mass is 10.0. The van der Waals surface area contributed by atoms with Gasteiger partial charge in [-0.2, -0.15) is 0 Å². The molecule has 0 saturated carbocycles. The molecule has 1 unspecified atom stereocenters. The fourth-order valence-corrected chi connectivity index (χ4v) is 3.85. The molecule has 0 bridgehead atoms. The van der Waals surface area contributed by atoms with Gasteiger partial charge in [0, 0.05) is 19.3 Å². The van der Waals surface area contributed by atoms with Gasteiger partial charge in [0.05, 0.1) is 19.2 Å². The van der Waals surface area contributed by atoms with E-state index in [0.717, 1.165) is 0 Å². The van der Waals surface area contributed by atoms with Crippen LogP contribution < -0.4 is 15.0 Å². The van der Waals surface area contributed by atoms with Gasteiger partial charge < -0.3 is 14.8 Å². The van der Waals surface area contributed by atoms with E-state index in [-0.39, 0.29) is 13.1 Å². The summed E-state index contributed by atoms with van der Waals surface area (Å²) in [5, 5.41) is 11.0. The lowest BCUT2D eigenvalue weighted by Gasteiger charge is -2.31. The number of halogens is 1. The van der Waals surface area contributed by atoms with E-state index in [0.29, 0.717) is 34.6 Å². The maximum Gasteiger partial charge on any atom is 0.249 e. The van der Waals surface area contributed by atoms with Gasteiger partial charge in [0.1, 0.15) is 29.7 Å². The Balaban J connectivity index is 1.77. The van der Waals surface area contributed by atoms with Crippen LogP contribution >= 0.6 is 0 Å². The number of nitrogens with one attached hydrogen (secondary N) is 1. The molecule has 1 N–H and O–H groups in total. The fourth-order valence-electron chi connectivity index (χ4n) is 3.85. The molecule has 4 rings (SSSR count). The van der Waals surface area contributed by atoms with Crippen LogP contribution in [-0.4, -0.2) is 54.2 Å². The van der Waals surface area contributed by atoms with Crippen molar-refractivity contribution in [2.75, 3.05) is 32.3 Å². The van der Waals surface area contributed by atoms with Gasteiger partial charge in [-0.05, 0) is 54.1 Å². The molecule has 4 aromatic rings. The Morgan fingerprint density at radius 1 is 1.03 bits per heavy atom. The Labute approximate surface area is 207 Å². The smallest absolute Gasteiger partial charge is 0.249 e. The molecular weight excluding hydrogens is 465 g/mol. The summed E-state index contributed by atoms with van der Waals surface area (Å²) < 4.78 is 25.5. The summed E-state index contributed by atoms with van der Waals surface area (Å²) in [5.74, 6) is -0.705. The predicted octanol–water partition coefficient (Wildman–Crippen LogP) is 3.12. The topological polar surface area (TPSA) is 98.6 Å². The molecule has 10 heteroatoms. The molecule has 0 aliphatic heterocycles. The highest BCUT2D eigenvalue weighted by atomic mass is 19.1. The number of carbonyl (C=O) groups is 2. The highest BCUT2D eigenvalue weighted by Crippen LogP contribution is 2.30. The number of para-hydroxylation sites is 1. The first-order valence-corrected chi connectivity index (χ1v) is 11.3. The van der Waals surface area contributed by atoms with Crippen molar-refractivity contribution in [3.8, 4) is 5.75 Å². The van der Waals surface area contributed by atoms with Crippen molar-refractivity contribution in [1.29, 1.82) is 0 Å². The molecule has 1 aromatic heterocycles. The molecular formula is C26H26FN5O4. The molecule has 0 aliphatic rings. The molecule has 36 heavy (non-hydrogen) atoms. The van der Waals surface area contributed by atoms with E-state index < -0.39 is 23.7 Å². The molecule has 9 nitrogen and oxygen atoms in total. The lowest BCUT2D eigenvalue weighted by Crippen LogP contribution is -2.46. The van der Waals surface area contributed by atoms with Gasteiger partial charge in [0.25, 0.3) is 0 Å². The van der Waals surface area contributed by atoms with Gasteiger partial charge in [-0.15, -0.1) is 5.10 Å². The summed E-state index contributed by atoms with van der Waals surface area (Å²) in [4.78, 5) is 28.6. The zero-order valence-corrected chi connectivity index (χ0v) is 19.9. The maximum absolute atomic E-state index is 13.8. The van der Waals surface area contributed by atoms with Crippen molar-refractivity contribution in [3.05, 3.63) is 84.2 Å². The van der Waals surface area contributed by atoms with E-state index in [1.165, 1.54) is 41.0 Å². The van der Waals surface area contributed by atoms with Crippen LogP contribution in [0.1, 0.15) is 11.6 Å². The summed E-state index contributed by atoms with van der Waals surface area (Å²) in [5.41, 5.74) is 2.22. The molecule has 2 amide bonds. The zero-order chi connectivity index (χ0) is 25.5. The number of benzene rings is 3. The predicted molar refractivity (Wildman–Crippen MR) is 132 cm³/mol. The minimum absolute atomic E-state index is 0.185. The molecule has 186 valence electrons. The third-order valence-electron chi connectivity index (χ3n) is 5.62. The average molecular weight is 492 g/mol. The van der Waals surface area contributed by atoms with Crippen molar-refractivity contribution in [3.63, 3.8) is 0 Å². The number of amides is 2. The summed E-state index contributed by atoms with van der Waals surface area (Å²) in [6, 6.07) is 18.5. The number of carbonyl (C=O) groups excluding carboxylic acids is 2. The number of nitrogens with zero attached hydrogens (tertiary/aromatic N) is 4. The number of ether oxygens (including phenoxy) is 2. The average Bonchev–Trinajstić information content (AvgIpc) is 3.30. The van der Waals surface area contributed by atoms with Crippen LogP contribution in [0.5, 0.6) is 5.75 Å². The second-order valence-electron chi connectivity index (χ2n) is 7.94. The molecule has 1 heterocycles. The first-order valence-electron chi connectivity index (χ1n) is 11.3. The van der Waals surface area contributed by atoms with E-state index in [1.807, 2.05) is 18.2 Å². The number of hydrogen-bond acceptors (Lipinski definition) is 6. The number of fused-ring (bicyclic) bond motifs is 1. The van der Waals surface area contributed by atoms with Crippen LogP contribution in [0.25, 0.3) is 11.0 Å². The number of anilines is 1. The van der Waals surface area contributed by atoms with E-state index >= 15 is 0 Å². The first kappa shape index (κ1) is 24.8. The Bertz CT molecular complexity index is 1320. The molecule has 0 radical (unpaired) electrons. The standard InChI is InChI=1S/C26H26FN5O4/c1-35-16-15-28-26(34)25(18-7-13-21(36-2)14-8-18)32(20-11-9-19(27)10-12-20)24(33)17-31-23-6-4-3-5-22(23)29-30-31/h3-14,25H,15-17H2,1-2H3,(H,28,34). The van der Waals surface area contributed by atoms with Gasteiger partial charge in [0.2, 0.25) is 11.8 Å². The molecule has 0 saturated heterocycles. The van der Waals surface area contributed by atoms with Crippen LogP contribution in [0.3, 0.4) is 0 Å². The zero-order valence-electron chi connectivity index (χ0n) is 19.9. The van der Waals surface area contributed by atoms with Crippen molar-refractivity contribution < 1.29 is 23.5 Å². The summed E-state index contributed by atoms with van der Waals surface area (Å²) >= 11 is 0. The lowest BCUT2D eigenvalue weighted by molar-refractivity contribution is -0.127. The van der Waals surface area contributed by atoms with Crippen LogP contribution in [-0.2, 0) is 20.9 Å². The molecule has 0 fully saturated rings. The number of hydrogen-bond donors (Lipinski definition) is 1. The molecule has 0 aliphatic carbocycles. The number of aromatic nitrogens is 3. The minimum Gasteiger partial charge on any atom is -0.497 e. The van der Waals surface area contributed by atoms with E-state index in [9.17, 15) is 14.0 Å². The summed E-state index contributed by atoms with van der Waals surface area (Å²) in [7, 11) is 3.07. The summed E-state index contributed by atoms with van der Waals surface area (Å²) in [6.45, 7) is 0.369. The van der Waals surface area contributed by atoms with Crippen molar-refractivity contribution >= 4 is 28.5 Å². The van der Waals surface area contributed by atoms with Gasteiger partial charge >= 0.3 is 0 Å².